The maximum atomic E-state index is 13.1. The fourth-order valence-electron chi connectivity index (χ4n) is 3.48. The number of aryl methyl sites for hydroxylation is 2. The minimum Gasteiger partial charge on any atom is -0.254 e. The first-order valence-electron chi connectivity index (χ1n) is 9.14. The molecule has 1 unspecified atom stereocenters. The maximum absolute atomic E-state index is 13.1. The predicted molar refractivity (Wildman–Crippen MR) is 115 cm³/mol. The van der Waals surface area contributed by atoms with Gasteiger partial charge in [0.15, 0.2) is 5.82 Å². The van der Waals surface area contributed by atoms with E-state index in [0.717, 1.165) is 37.6 Å². The molecular formula is C20H23N5OS2. The van der Waals surface area contributed by atoms with Crippen molar-refractivity contribution < 1.29 is 4.21 Å². The van der Waals surface area contributed by atoms with Gasteiger partial charge in [0, 0.05) is 29.2 Å². The summed E-state index contributed by atoms with van der Waals surface area (Å²) in [5, 5.41) is 11.4. The summed E-state index contributed by atoms with van der Waals surface area (Å²) in [5.74, 6) is 1.15. The molecule has 0 fully saturated rings. The Labute approximate surface area is 170 Å². The second-order valence-corrected chi connectivity index (χ2v) is 9.37. The van der Waals surface area contributed by atoms with Gasteiger partial charge in [-0.3, -0.25) is 4.21 Å². The lowest BCUT2D eigenvalue weighted by molar-refractivity contribution is 0.683. The van der Waals surface area contributed by atoms with Gasteiger partial charge in [-0.15, -0.1) is 16.9 Å². The van der Waals surface area contributed by atoms with Gasteiger partial charge in [-0.2, -0.15) is 5.10 Å². The van der Waals surface area contributed by atoms with Crippen molar-refractivity contribution in [1.82, 2.24) is 24.4 Å². The zero-order valence-corrected chi connectivity index (χ0v) is 18.5. The van der Waals surface area contributed by atoms with E-state index in [1.807, 2.05) is 36.2 Å². The third-order valence-electron chi connectivity index (χ3n) is 5.44. The minimum absolute atomic E-state index is 0.527. The van der Waals surface area contributed by atoms with E-state index < -0.39 is 10.8 Å². The molecule has 0 aliphatic carbocycles. The second kappa shape index (κ2) is 7.00. The number of pyridine rings is 2. The smallest absolute Gasteiger partial charge is 0.192 e. The first kappa shape index (κ1) is 19.1. The van der Waals surface area contributed by atoms with Crippen LogP contribution in [0.4, 0.5) is 0 Å². The van der Waals surface area contributed by atoms with Gasteiger partial charge in [0.1, 0.15) is 4.90 Å². The van der Waals surface area contributed by atoms with Crippen LogP contribution in [0.25, 0.3) is 22.2 Å². The summed E-state index contributed by atoms with van der Waals surface area (Å²) >= 11 is 1.58. The van der Waals surface area contributed by atoms with E-state index in [9.17, 15) is 4.21 Å². The van der Waals surface area contributed by atoms with Crippen molar-refractivity contribution in [3.8, 4) is 5.82 Å². The normalized spacial score (nSPS) is 12.9. The molecule has 6 nitrogen and oxygen atoms in total. The number of hydrogen-bond acceptors (Lipinski definition) is 5. The Morgan fingerprint density at radius 2 is 1.86 bits per heavy atom. The van der Waals surface area contributed by atoms with Crippen LogP contribution in [0.1, 0.15) is 29.3 Å². The number of hydrogen-bond donors (Lipinski definition) is 0. The summed E-state index contributed by atoms with van der Waals surface area (Å²) in [6.07, 6.45) is 5.72. The Morgan fingerprint density at radius 3 is 2.54 bits per heavy atom. The summed E-state index contributed by atoms with van der Waals surface area (Å²) in [7, 11) is -1.17. The van der Waals surface area contributed by atoms with Crippen molar-refractivity contribution in [1.29, 1.82) is 0 Å². The first-order valence-corrected chi connectivity index (χ1v) is 11.7. The molecule has 0 saturated heterocycles. The average Bonchev–Trinajstić information content (AvgIpc) is 3.30. The molecule has 0 radical (unpaired) electrons. The molecule has 0 N–H and O–H groups in total. The van der Waals surface area contributed by atoms with E-state index in [1.54, 1.807) is 16.4 Å². The summed E-state index contributed by atoms with van der Waals surface area (Å²) < 4.78 is 16.7. The molecule has 28 heavy (non-hydrogen) atoms. The Kier molecular flexibility index (Phi) is 4.79. The van der Waals surface area contributed by atoms with Crippen LogP contribution in [0.3, 0.4) is 0 Å². The lowest BCUT2D eigenvalue weighted by atomic mass is 10.0. The quantitative estimate of drug-likeness (QED) is 0.470. The molecular weight excluding hydrogens is 390 g/mol. The SMILES string of the molecule is CCS(=O)c1c(-n2cc3cnc(SC)cc3n2)nn2c(C)c(C)c(C)c(C)c12. The van der Waals surface area contributed by atoms with Gasteiger partial charge in [-0.25, -0.2) is 14.2 Å². The van der Waals surface area contributed by atoms with E-state index in [2.05, 4.69) is 32.7 Å². The van der Waals surface area contributed by atoms with Gasteiger partial charge in [0.2, 0.25) is 0 Å². The molecule has 8 heteroatoms. The van der Waals surface area contributed by atoms with Crippen LogP contribution < -0.4 is 0 Å². The van der Waals surface area contributed by atoms with Crippen molar-refractivity contribution in [2.45, 2.75) is 44.5 Å². The van der Waals surface area contributed by atoms with Crippen LogP contribution in [0.2, 0.25) is 0 Å². The third kappa shape index (κ3) is 2.78. The van der Waals surface area contributed by atoms with Crippen LogP contribution in [0.5, 0.6) is 0 Å². The molecule has 1 atom stereocenters. The van der Waals surface area contributed by atoms with Crippen LogP contribution in [0, 0.1) is 27.7 Å². The van der Waals surface area contributed by atoms with Gasteiger partial charge < -0.3 is 0 Å². The Morgan fingerprint density at radius 1 is 1.11 bits per heavy atom. The summed E-state index contributed by atoms with van der Waals surface area (Å²) in [4.78, 5) is 5.17. The molecule has 0 amide bonds. The Hall–Kier alpha value is -2.19. The zero-order valence-electron chi connectivity index (χ0n) is 16.9. The predicted octanol–water partition coefficient (Wildman–Crippen LogP) is 4.15. The number of fused-ring (bicyclic) bond motifs is 2. The third-order valence-corrected chi connectivity index (χ3v) is 7.44. The molecule has 0 aliphatic heterocycles. The molecule has 4 heterocycles. The molecule has 146 valence electrons. The standard InChI is InChI=1S/C20H23N5OS2/c1-7-28(26)19-18-13(4)11(2)12(3)14(5)25(18)23-20(19)24-10-15-9-21-17(27-6)8-16(15)22-24/h8-10H,7H2,1-6H3. The summed E-state index contributed by atoms with van der Waals surface area (Å²) in [6.45, 7) is 10.3. The van der Waals surface area contributed by atoms with Crippen molar-refractivity contribution in [2.24, 2.45) is 0 Å². The van der Waals surface area contributed by atoms with Gasteiger partial charge in [-0.1, -0.05) is 6.92 Å². The van der Waals surface area contributed by atoms with Crippen molar-refractivity contribution in [3.05, 3.63) is 40.8 Å². The number of rotatable bonds is 4. The molecule has 4 aromatic heterocycles. The van der Waals surface area contributed by atoms with E-state index in [0.29, 0.717) is 11.6 Å². The highest BCUT2D eigenvalue weighted by molar-refractivity contribution is 7.98. The largest absolute Gasteiger partial charge is 0.254 e. The van der Waals surface area contributed by atoms with E-state index in [4.69, 9.17) is 10.2 Å². The zero-order chi connectivity index (χ0) is 20.2. The van der Waals surface area contributed by atoms with Crippen LogP contribution in [0.15, 0.2) is 28.4 Å². The highest BCUT2D eigenvalue weighted by Crippen LogP contribution is 2.31. The van der Waals surface area contributed by atoms with Crippen molar-refractivity contribution in [2.75, 3.05) is 12.0 Å². The Balaban J connectivity index is 2.08. The van der Waals surface area contributed by atoms with Gasteiger partial charge in [-0.05, 0) is 56.7 Å². The van der Waals surface area contributed by atoms with Gasteiger partial charge >= 0.3 is 0 Å². The molecule has 0 aliphatic rings. The van der Waals surface area contributed by atoms with Crippen molar-refractivity contribution >= 4 is 39.0 Å². The molecule has 4 rings (SSSR count). The maximum Gasteiger partial charge on any atom is 0.192 e. The fraction of sp³-hybridized carbons (Fsp3) is 0.350. The molecule has 0 bridgehead atoms. The monoisotopic (exact) mass is 413 g/mol. The topological polar surface area (TPSA) is 65.1 Å². The lowest BCUT2D eigenvalue weighted by Gasteiger charge is -2.12. The fourth-order valence-corrected chi connectivity index (χ4v) is 4.95. The first-order chi connectivity index (χ1) is 13.4. The summed E-state index contributed by atoms with van der Waals surface area (Å²) in [5.41, 5.74) is 6.37. The van der Waals surface area contributed by atoms with E-state index >= 15 is 0 Å². The Bertz CT molecular complexity index is 1260. The van der Waals surface area contributed by atoms with Crippen LogP contribution >= 0.6 is 11.8 Å². The molecule has 4 aromatic rings. The molecule has 0 saturated carbocycles. The second-order valence-electron chi connectivity index (χ2n) is 6.87. The van der Waals surface area contributed by atoms with Crippen LogP contribution in [-0.2, 0) is 10.8 Å². The highest BCUT2D eigenvalue weighted by atomic mass is 32.2. The van der Waals surface area contributed by atoms with Gasteiger partial charge in [0.25, 0.3) is 0 Å². The summed E-state index contributed by atoms with van der Waals surface area (Å²) in [6, 6.07) is 1.97. The number of nitrogens with zero attached hydrogens (tertiary/aromatic N) is 5. The number of thioether (sulfide) groups is 1. The lowest BCUT2D eigenvalue weighted by Crippen LogP contribution is -2.04. The minimum atomic E-state index is -1.17. The average molecular weight is 414 g/mol. The molecule has 0 spiro atoms. The van der Waals surface area contributed by atoms with Crippen molar-refractivity contribution in [3.63, 3.8) is 0 Å². The van der Waals surface area contributed by atoms with E-state index in [1.165, 1.54) is 11.1 Å². The highest BCUT2D eigenvalue weighted by Gasteiger charge is 2.24. The number of aromatic nitrogens is 5. The molecule has 0 aromatic carbocycles. The van der Waals surface area contributed by atoms with Gasteiger partial charge in [0.05, 0.1) is 26.9 Å². The van der Waals surface area contributed by atoms with E-state index in [-0.39, 0.29) is 0 Å². The van der Waals surface area contributed by atoms with Crippen LogP contribution in [-0.4, -0.2) is 40.6 Å².